The minimum atomic E-state index is -1.22. The summed E-state index contributed by atoms with van der Waals surface area (Å²) in [5.74, 6) is -2.15. The van der Waals surface area contributed by atoms with Crippen LogP contribution in [0.2, 0.25) is 0 Å². The summed E-state index contributed by atoms with van der Waals surface area (Å²) in [5, 5.41) is 9.26. The molecule has 3 rings (SSSR count). The summed E-state index contributed by atoms with van der Waals surface area (Å²) < 4.78 is 0. The molecular formula is C12H15NO4. The lowest BCUT2D eigenvalue weighted by Crippen LogP contribution is -2.62. The Morgan fingerprint density at radius 1 is 1.24 bits per heavy atom. The number of imide groups is 1. The number of aliphatic carboxylic acids is 1. The van der Waals surface area contributed by atoms with Crippen molar-refractivity contribution in [2.75, 3.05) is 0 Å². The fraction of sp³-hybridized carbons (Fsp3) is 0.750. The highest BCUT2D eigenvalue weighted by Crippen LogP contribution is 2.65. The zero-order valence-electron chi connectivity index (χ0n) is 9.90. The maximum atomic E-state index is 12.2. The van der Waals surface area contributed by atoms with Gasteiger partial charge in [-0.3, -0.25) is 14.5 Å². The lowest BCUT2D eigenvalue weighted by molar-refractivity contribution is -0.171. The predicted octanol–water partition coefficient (Wildman–Crippen LogP) is 0.635. The molecule has 0 aromatic heterocycles. The fourth-order valence-electron chi connectivity index (χ4n) is 3.41. The average Bonchev–Trinajstić information content (AvgIpc) is 2.60. The van der Waals surface area contributed by atoms with Crippen molar-refractivity contribution in [1.29, 1.82) is 0 Å². The van der Waals surface area contributed by atoms with Crippen molar-refractivity contribution in [2.45, 2.75) is 38.6 Å². The van der Waals surface area contributed by atoms with Crippen molar-refractivity contribution in [3.63, 3.8) is 0 Å². The monoisotopic (exact) mass is 237 g/mol. The summed E-state index contributed by atoms with van der Waals surface area (Å²) in [7, 11) is 0. The van der Waals surface area contributed by atoms with E-state index in [-0.39, 0.29) is 29.1 Å². The van der Waals surface area contributed by atoms with Crippen LogP contribution in [-0.2, 0) is 14.4 Å². The van der Waals surface area contributed by atoms with Gasteiger partial charge in [0.1, 0.15) is 5.54 Å². The zero-order chi connectivity index (χ0) is 12.6. The van der Waals surface area contributed by atoms with Crippen LogP contribution in [0.4, 0.5) is 0 Å². The smallest absolute Gasteiger partial charge is 0.330 e. The van der Waals surface area contributed by atoms with Crippen LogP contribution in [0.5, 0.6) is 0 Å². The Kier molecular flexibility index (Phi) is 1.71. The second-order valence-corrected chi connectivity index (χ2v) is 5.98. The van der Waals surface area contributed by atoms with Crippen LogP contribution in [0, 0.1) is 17.3 Å². The first-order valence-electron chi connectivity index (χ1n) is 5.95. The molecule has 1 saturated heterocycles. The quantitative estimate of drug-likeness (QED) is 0.715. The third-order valence-electron chi connectivity index (χ3n) is 4.81. The van der Waals surface area contributed by atoms with Crippen LogP contribution in [0.1, 0.15) is 33.1 Å². The largest absolute Gasteiger partial charge is 0.479 e. The van der Waals surface area contributed by atoms with Gasteiger partial charge in [0.05, 0.1) is 11.8 Å². The van der Waals surface area contributed by atoms with Crippen LogP contribution in [0.15, 0.2) is 0 Å². The number of amides is 2. The standard InChI is InChI=1S/C12H15NO4/c1-11(2)6-7(11)9(15)13(8(6)14)12(10(16)17)4-3-5-12/h6-7H,3-5H2,1-2H3,(H,16,17). The van der Waals surface area contributed by atoms with Crippen molar-refractivity contribution < 1.29 is 19.5 Å². The molecule has 3 fully saturated rings. The lowest BCUT2D eigenvalue weighted by Gasteiger charge is -2.44. The molecule has 0 spiro atoms. The number of carbonyl (C=O) groups is 3. The maximum Gasteiger partial charge on any atom is 0.330 e. The third-order valence-corrected chi connectivity index (χ3v) is 4.81. The van der Waals surface area contributed by atoms with Crippen molar-refractivity contribution in [2.24, 2.45) is 17.3 Å². The molecule has 2 atom stereocenters. The van der Waals surface area contributed by atoms with E-state index in [1.165, 1.54) is 0 Å². The van der Waals surface area contributed by atoms with E-state index < -0.39 is 11.5 Å². The van der Waals surface area contributed by atoms with E-state index in [2.05, 4.69) is 0 Å². The van der Waals surface area contributed by atoms with Crippen LogP contribution >= 0.6 is 0 Å². The van der Waals surface area contributed by atoms with Gasteiger partial charge in [-0.1, -0.05) is 13.8 Å². The molecule has 92 valence electrons. The molecule has 2 unspecified atom stereocenters. The van der Waals surface area contributed by atoms with Crippen LogP contribution in [0.3, 0.4) is 0 Å². The summed E-state index contributed by atoms with van der Waals surface area (Å²) in [6.07, 6.45) is 1.57. The van der Waals surface area contributed by atoms with Gasteiger partial charge in [-0.05, 0) is 24.7 Å². The van der Waals surface area contributed by atoms with Gasteiger partial charge in [-0.25, -0.2) is 4.79 Å². The van der Waals surface area contributed by atoms with E-state index in [1.807, 2.05) is 13.8 Å². The maximum absolute atomic E-state index is 12.2. The minimum Gasteiger partial charge on any atom is -0.479 e. The minimum absolute atomic E-state index is 0.270. The molecule has 5 heteroatoms. The van der Waals surface area contributed by atoms with Gasteiger partial charge < -0.3 is 5.11 Å². The van der Waals surface area contributed by atoms with Crippen LogP contribution in [-0.4, -0.2) is 33.3 Å². The van der Waals surface area contributed by atoms with Gasteiger partial charge in [0.15, 0.2) is 0 Å². The van der Waals surface area contributed by atoms with Crippen molar-refractivity contribution in [3.8, 4) is 0 Å². The summed E-state index contributed by atoms with van der Waals surface area (Å²) in [6.45, 7) is 3.79. The number of carbonyl (C=O) groups excluding carboxylic acids is 2. The third kappa shape index (κ3) is 0.983. The number of rotatable bonds is 2. The SMILES string of the molecule is CC1(C)C2C(=O)N(C3(C(=O)O)CCC3)C(=O)C21. The van der Waals surface area contributed by atoms with E-state index >= 15 is 0 Å². The Bertz CT molecular complexity index is 425. The van der Waals surface area contributed by atoms with Gasteiger partial charge in [-0.15, -0.1) is 0 Å². The Balaban J connectivity index is 1.95. The number of piperidine rings is 1. The van der Waals surface area contributed by atoms with E-state index in [4.69, 9.17) is 0 Å². The van der Waals surface area contributed by atoms with Gasteiger partial charge >= 0.3 is 5.97 Å². The Morgan fingerprint density at radius 2 is 1.71 bits per heavy atom. The van der Waals surface area contributed by atoms with E-state index in [1.54, 1.807) is 0 Å². The first-order chi connectivity index (χ1) is 7.84. The fourth-order valence-corrected chi connectivity index (χ4v) is 3.41. The van der Waals surface area contributed by atoms with Gasteiger partial charge in [0.2, 0.25) is 11.8 Å². The molecule has 0 aromatic carbocycles. The summed E-state index contributed by atoms with van der Waals surface area (Å²) in [5.41, 5.74) is -1.49. The van der Waals surface area contributed by atoms with Crippen LogP contribution in [0.25, 0.3) is 0 Å². The zero-order valence-corrected chi connectivity index (χ0v) is 9.90. The molecule has 0 aromatic rings. The number of carboxylic acids is 1. The normalized spacial score (nSPS) is 36.5. The first-order valence-corrected chi connectivity index (χ1v) is 5.95. The highest BCUT2D eigenvalue weighted by atomic mass is 16.4. The Morgan fingerprint density at radius 3 is 2.00 bits per heavy atom. The van der Waals surface area contributed by atoms with E-state index in [0.29, 0.717) is 12.8 Å². The summed E-state index contributed by atoms with van der Waals surface area (Å²) >= 11 is 0. The van der Waals surface area contributed by atoms with Gasteiger partial charge in [0.25, 0.3) is 0 Å². The van der Waals surface area contributed by atoms with Crippen molar-refractivity contribution in [3.05, 3.63) is 0 Å². The molecule has 2 aliphatic carbocycles. The number of carboxylic acid groups (broad SMARTS) is 1. The van der Waals surface area contributed by atoms with Crippen LogP contribution < -0.4 is 0 Å². The molecule has 3 aliphatic rings. The molecule has 5 nitrogen and oxygen atoms in total. The number of hydrogen-bond acceptors (Lipinski definition) is 3. The highest BCUT2D eigenvalue weighted by Gasteiger charge is 2.76. The number of hydrogen-bond donors (Lipinski definition) is 1. The number of nitrogens with zero attached hydrogens (tertiary/aromatic N) is 1. The second kappa shape index (κ2) is 2.71. The van der Waals surface area contributed by atoms with Crippen molar-refractivity contribution in [1.82, 2.24) is 4.90 Å². The molecule has 1 N–H and O–H groups in total. The number of likely N-dealkylation sites (tertiary alicyclic amines) is 1. The highest BCUT2D eigenvalue weighted by molar-refractivity contribution is 6.13. The molecule has 0 bridgehead atoms. The molecule has 0 radical (unpaired) electrons. The first kappa shape index (κ1) is 10.7. The van der Waals surface area contributed by atoms with E-state index in [0.717, 1.165) is 11.3 Å². The predicted molar refractivity (Wildman–Crippen MR) is 56.8 cm³/mol. The Labute approximate surface area is 98.8 Å². The second-order valence-electron chi connectivity index (χ2n) is 5.98. The molecule has 17 heavy (non-hydrogen) atoms. The molecule has 2 amide bonds. The lowest BCUT2D eigenvalue weighted by atomic mass is 9.75. The molecule has 1 heterocycles. The summed E-state index contributed by atoms with van der Waals surface area (Å²) in [4.78, 5) is 36.7. The van der Waals surface area contributed by atoms with E-state index in [9.17, 15) is 19.5 Å². The number of fused-ring (bicyclic) bond motifs is 1. The molecule has 2 saturated carbocycles. The topological polar surface area (TPSA) is 74.7 Å². The van der Waals surface area contributed by atoms with Crippen molar-refractivity contribution >= 4 is 17.8 Å². The summed E-state index contributed by atoms with van der Waals surface area (Å²) in [6, 6.07) is 0. The average molecular weight is 237 g/mol. The van der Waals surface area contributed by atoms with Gasteiger partial charge in [0, 0.05) is 0 Å². The molecule has 1 aliphatic heterocycles. The molecular weight excluding hydrogens is 222 g/mol. The van der Waals surface area contributed by atoms with Gasteiger partial charge in [-0.2, -0.15) is 0 Å². The Hall–Kier alpha value is -1.39.